The Hall–Kier alpha value is -1.99. The molecular weight excluding hydrogens is 380 g/mol. The number of methoxy groups -OCH3 is 1. The number of hydrogen-bond acceptors (Lipinski definition) is 6. The van der Waals surface area contributed by atoms with Crippen LogP contribution in [0, 0.1) is 0 Å². The van der Waals surface area contributed by atoms with Crippen molar-refractivity contribution in [3.63, 3.8) is 0 Å². The van der Waals surface area contributed by atoms with Crippen molar-refractivity contribution in [2.75, 3.05) is 19.5 Å². The maximum atomic E-state index is 12.9. The number of fused-ring (bicyclic) bond motifs is 3. The van der Waals surface area contributed by atoms with Crippen LogP contribution in [0.25, 0.3) is 10.2 Å². The summed E-state index contributed by atoms with van der Waals surface area (Å²) < 4.78 is 12.6. The van der Waals surface area contributed by atoms with Crippen LogP contribution in [0.4, 0.5) is 0 Å². The average Bonchev–Trinajstić information content (AvgIpc) is 3.07. The second kappa shape index (κ2) is 7.94. The molecule has 0 unspecified atom stereocenters. The molecule has 5 nitrogen and oxygen atoms in total. The van der Waals surface area contributed by atoms with Crippen molar-refractivity contribution >= 4 is 33.3 Å². The summed E-state index contributed by atoms with van der Waals surface area (Å²) in [5.41, 5.74) is 1.33. The first-order valence-electron chi connectivity index (χ1n) is 9.08. The van der Waals surface area contributed by atoms with Crippen LogP contribution in [0.15, 0.2) is 34.2 Å². The van der Waals surface area contributed by atoms with E-state index >= 15 is 0 Å². The standard InChI is InChI=1S/C20H22N2O3S2/c1-22-19(23)17-15-5-3-4-6-16(15)27-18(17)21-20(22)26-12-11-25-14-9-7-13(24-2)8-10-14/h7-10H,3-6,11-12H2,1-2H3. The first kappa shape index (κ1) is 18.4. The number of thioether (sulfide) groups is 1. The van der Waals surface area contributed by atoms with E-state index in [1.54, 1.807) is 34.8 Å². The molecular formula is C20H22N2O3S2. The lowest BCUT2D eigenvalue weighted by Crippen LogP contribution is -2.21. The molecule has 4 rings (SSSR count). The molecule has 1 aliphatic rings. The highest BCUT2D eigenvalue weighted by atomic mass is 32.2. The van der Waals surface area contributed by atoms with Gasteiger partial charge in [-0.05, 0) is 55.5 Å². The molecule has 142 valence electrons. The molecule has 2 heterocycles. The molecule has 0 amide bonds. The summed E-state index contributed by atoms with van der Waals surface area (Å²) in [6.45, 7) is 0.547. The number of benzene rings is 1. The van der Waals surface area contributed by atoms with Gasteiger partial charge in [-0.25, -0.2) is 4.98 Å². The summed E-state index contributed by atoms with van der Waals surface area (Å²) in [7, 11) is 3.46. The summed E-state index contributed by atoms with van der Waals surface area (Å²) in [6.07, 6.45) is 4.47. The Kier molecular flexibility index (Phi) is 5.41. The molecule has 1 aromatic carbocycles. The van der Waals surface area contributed by atoms with Crippen LogP contribution in [0.3, 0.4) is 0 Å². The average molecular weight is 403 g/mol. The van der Waals surface area contributed by atoms with Crippen LogP contribution in [0.5, 0.6) is 11.5 Å². The van der Waals surface area contributed by atoms with Gasteiger partial charge in [0.25, 0.3) is 5.56 Å². The van der Waals surface area contributed by atoms with Gasteiger partial charge in [0.05, 0.1) is 19.1 Å². The summed E-state index contributed by atoms with van der Waals surface area (Å²) in [4.78, 5) is 19.9. The fraction of sp³-hybridized carbons (Fsp3) is 0.400. The van der Waals surface area contributed by atoms with Gasteiger partial charge >= 0.3 is 0 Å². The van der Waals surface area contributed by atoms with Crippen LogP contribution in [-0.2, 0) is 19.9 Å². The largest absolute Gasteiger partial charge is 0.497 e. The molecule has 0 fully saturated rings. The van der Waals surface area contributed by atoms with E-state index in [1.165, 1.54) is 23.3 Å². The van der Waals surface area contributed by atoms with E-state index in [-0.39, 0.29) is 5.56 Å². The van der Waals surface area contributed by atoms with Gasteiger partial charge in [0.15, 0.2) is 5.16 Å². The smallest absolute Gasteiger partial charge is 0.262 e. The number of hydrogen-bond donors (Lipinski definition) is 0. The van der Waals surface area contributed by atoms with Gasteiger partial charge in [0.1, 0.15) is 16.3 Å². The van der Waals surface area contributed by atoms with E-state index in [9.17, 15) is 4.79 Å². The Labute approximate surface area is 166 Å². The lowest BCUT2D eigenvalue weighted by Gasteiger charge is -2.11. The van der Waals surface area contributed by atoms with Gasteiger partial charge < -0.3 is 9.47 Å². The Morgan fingerprint density at radius 1 is 1.19 bits per heavy atom. The van der Waals surface area contributed by atoms with Crippen molar-refractivity contribution in [2.24, 2.45) is 7.05 Å². The van der Waals surface area contributed by atoms with Crippen LogP contribution < -0.4 is 15.0 Å². The lowest BCUT2D eigenvalue weighted by molar-refractivity contribution is 0.342. The predicted molar refractivity (Wildman–Crippen MR) is 111 cm³/mol. The molecule has 2 aromatic heterocycles. The van der Waals surface area contributed by atoms with Gasteiger partial charge in [0.2, 0.25) is 0 Å². The van der Waals surface area contributed by atoms with Crippen molar-refractivity contribution in [1.29, 1.82) is 0 Å². The molecule has 0 saturated heterocycles. The molecule has 1 aliphatic carbocycles. The van der Waals surface area contributed by atoms with Gasteiger partial charge in [-0.1, -0.05) is 11.8 Å². The minimum atomic E-state index is 0.0815. The van der Waals surface area contributed by atoms with E-state index in [0.717, 1.165) is 45.5 Å². The molecule has 0 N–H and O–H groups in total. The van der Waals surface area contributed by atoms with Crippen LogP contribution >= 0.6 is 23.1 Å². The van der Waals surface area contributed by atoms with Crippen molar-refractivity contribution in [3.05, 3.63) is 45.1 Å². The zero-order valence-corrected chi connectivity index (χ0v) is 17.1. The number of aryl methyl sites for hydroxylation is 2. The van der Waals surface area contributed by atoms with Gasteiger partial charge in [-0.15, -0.1) is 11.3 Å². The van der Waals surface area contributed by atoms with E-state index in [2.05, 4.69) is 0 Å². The third kappa shape index (κ3) is 3.71. The summed E-state index contributed by atoms with van der Waals surface area (Å²) in [6, 6.07) is 7.53. The van der Waals surface area contributed by atoms with Crippen molar-refractivity contribution in [3.8, 4) is 11.5 Å². The van der Waals surface area contributed by atoms with E-state index in [0.29, 0.717) is 6.61 Å². The Morgan fingerprint density at radius 2 is 1.93 bits per heavy atom. The second-order valence-corrected chi connectivity index (χ2v) is 8.67. The number of rotatable bonds is 6. The zero-order chi connectivity index (χ0) is 18.8. The third-order valence-electron chi connectivity index (χ3n) is 4.80. The molecule has 0 aliphatic heterocycles. The Bertz CT molecular complexity index is 1010. The van der Waals surface area contributed by atoms with Crippen LogP contribution in [0.1, 0.15) is 23.3 Å². The van der Waals surface area contributed by atoms with Gasteiger partial charge in [0, 0.05) is 17.7 Å². The summed E-state index contributed by atoms with van der Waals surface area (Å²) >= 11 is 3.25. The zero-order valence-electron chi connectivity index (χ0n) is 15.5. The highest BCUT2D eigenvalue weighted by Crippen LogP contribution is 2.34. The molecule has 0 spiro atoms. The van der Waals surface area contributed by atoms with Crippen LogP contribution in [0.2, 0.25) is 0 Å². The molecule has 7 heteroatoms. The Balaban J connectivity index is 1.45. The monoisotopic (exact) mass is 402 g/mol. The maximum absolute atomic E-state index is 12.9. The number of ether oxygens (including phenoxy) is 2. The molecule has 0 atom stereocenters. The first-order valence-corrected chi connectivity index (χ1v) is 10.9. The molecule has 0 bridgehead atoms. The van der Waals surface area contributed by atoms with E-state index < -0.39 is 0 Å². The maximum Gasteiger partial charge on any atom is 0.262 e. The van der Waals surface area contributed by atoms with E-state index in [4.69, 9.17) is 14.5 Å². The SMILES string of the molecule is COc1ccc(OCCSc2nc3sc4c(c3c(=O)n2C)CCCC4)cc1. The first-order chi connectivity index (χ1) is 13.2. The highest BCUT2D eigenvalue weighted by Gasteiger charge is 2.21. The topological polar surface area (TPSA) is 53.4 Å². The summed E-state index contributed by atoms with van der Waals surface area (Å²) in [5.74, 6) is 2.34. The van der Waals surface area contributed by atoms with Crippen molar-refractivity contribution in [1.82, 2.24) is 9.55 Å². The van der Waals surface area contributed by atoms with Gasteiger partial charge in [-0.3, -0.25) is 9.36 Å². The summed E-state index contributed by atoms with van der Waals surface area (Å²) in [5, 5.41) is 1.60. The fourth-order valence-corrected chi connectivity index (χ4v) is 5.45. The molecule has 0 radical (unpaired) electrons. The minimum Gasteiger partial charge on any atom is -0.497 e. The molecule has 3 aromatic rings. The predicted octanol–water partition coefficient (Wildman–Crippen LogP) is 4.05. The number of aromatic nitrogens is 2. The normalized spacial score (nSPS) is 13.6. The quantitative estimate of drug-likeness (QED) is 0.354. The fourth-order valence-electron chi connectivity index (χ4n) is 3.36. The lowest BCUT2D eigenvalue weighted by atomic mass is 9.97. The second-order valence-electron chi connectivity index (χ2n) is 6.52. The Morgan fingerprint density at radius 3 is 2.70 bits per heavy atom. The highest BCUT2D eigenvalue weighted by molar-refractivity contribution is 7.99. The number of thiophene rings is 1. The van der Waals surface area contributed by atoms with Crippen LogP contribution in [-0.4, -0.2) is 29.0 Å². The molecule has 0 saturated carbocycles. The third-order valence-corrected chi connectivity index (χ3v) is 6.98. The molecule has 27 heavy (non-hydrogen) atoms. The van der Waals surface area contributed by atoms with Gasteiger partial charge in [-0.2, -0.15) is 0 Å². The number of nitrogens with zero attached hydrogens (tertiary/aromatic N) is 2. The minimum absolute atomic E-state index is 0.0815. The van der Waals surface area contributed by atoms with Crippen molar-refractivity contribution < 1.29 is 9.47 Å². The van der Waals surface area contributed by atoms with Crippen molar-refractivity contribution in [2.45, 2.75) is 30.8 Å². The van der Waals surface area contributed by atoms with E-state index in [1.807, 2.05) is 31.3 Å².